The lowest BCUT2D eigenvalue weighted by molar-refractivity contribution is -0.137. The van der Waals surface area contributed by atoms with E-state index in [2.05, 4.69) is 14.9 Å². The number of piperazine rings is 1. The van der Waals surface area contributed by atoms with Gasteiger partial charge in [0.05, 0.1) is 11.3 Å². The maximum absolute atomic E-state index is 12.9. The minimum atomic E-state index is -4.50. The second kappa shape index (κ2) is 6.51. The molecule has 1 fully saturated rings. The average molecular weight is 351 g/mol. The Morgan fingerprint density at radius 3 is 2.36 bits per heavy atom. The quantitative estimate of drug-likeness (QED) is 0.832. The van der Waals surface area contributed by atoms with E-state index in [-0.39, 0.29) is 5.56 Å². The molecule has 0 unspecified atom stereocenters. The van der Waals surface area contributed by atoms with Gasteiger partial charge in [-0.1, -0.05) is 0 Å². The Balaban J connectivity index is 1.94. The maximum Gasteiger partial charge on any atom is 0.416 e. The van der Waals surface area contributed by atoms with Crippen molar-refractivity contribution in [1.29, 1.82) is 0 Å². The summed E-state index contributed by atoms with van der Waals surface area (Å²) in [6.07, 6.45) is -3.07. The Morgan fingerprint density at radius 2 is 1.76 bits per heavy atom. The van der Waals surface area contributed by atoms with E-state index in [0.717, 1.165) is 44.4 Å². The summed E-state index contributed by atoms with van der Waals surface area (Å²) in [5.74, 6) is 0.0563. The van der Waals surface area contributed by atoms with Gasteiger partial charge in [0.2, 0.25) is 5.95 Å². The molecule has 3 rings (SSSR count). The Kier molecular flexibility index (Phi) is 4.55. The second-order valence-corrected chi connectivity index (χ2v) is 6.17. The Hall–Kier alpha value is -2.35. The molecule has 0 amide bonds. The summed E-state index contributed by atoms with van der Waals surface area (Å²) in [5.41, 5.74) is -0.0729. The fraction of sp³-hybridized carbons (Fsp3) is 0.412. The first-order valence-electron chi connectivity index (χ1n) is 7.91. The third kappa shape index (κ3) is 3.68. The van der Waals surface area contributed by atoms with Crippen LogP contribution in [0.15, 0.2) is 24.4 Å². The van der Waals surface area contributed by atoms with Gasteiger partial charge in [-0.3, -0.25) is 5.11 Å². The standard InChI is InChI=1S/C17H18F3N4O/c1-11-14(13-9-12(17(18,19)20)3-4-15(13)25)10-21-16(22-11)24-7-5-23(2)6-8-24/h3-4,9-10H,5-8H2,1-2H3. The van der Waals surface area contributed by atoms with E-state index in [1.165, 1.54) is 6.20 Å². The molecule has 0 bridgehead atoms. The van der Waals surface area contributed by atoms with Crippen molar-refractivity contribution in [1.82, 2.24) is 14.9 Å². The van der Waals surface area contributed by atoms with Crippen molar-refractivity contribution >= 4 is 5.95 Å². The second-order valence-electron chi connectivity index (χ2n) is 6.17. The number of nitrogens with zero attached hydrogens (tertiary/aromatic N) is 4. The number of halogens is 3. The third-order valence-corrected chi connectivity index (χ3v) is 4.35. The van der Waals surface area contributed by atoms with E-state index in [9.17, 15) is 18.3 Å². The highest BCUT2D eigenvalue weighted by Crippen LogP contribution is 2.37. The average Bonchev–Trinajstić information content (AvgIpc) is 2.55. The number of rotatable bonds is 2. The molecule has 1 aliphatic rings. The Bertz CT molecular complexity index is 771. The lowest BCUT2D eigenvalue weighted by Crippen LogP contribution is -2.45. The Morgan fingerprint density at radius 1 is 1.08 bits per heavy atom. The van der Waals surface area contributed by atoms with Crippen LogP contribution >= 0.6 is 0 Å². The molecule has 0 aliphatic carbocycles. The molecule has 0 N–H and O–H groups in total. The van der Waals surface area contributed by atoms with Crippen molar-refractivity contribution in [3.05, 3.63) is 35.7 Å². The molecule has 2 heterocycles. The number of hydrogen-bond donors (Lipinski definition) is 0. The third-order valence-electron chi connectivity index (χ3n) is 4.35. The van der Waals surface area contributed by atoms with Gasteiger partial charge in [-0.05, 0) is 32.2 Å². The van der Waals surface area contributed by atoms with Crippen LogP contribution in [0.3, 0.4) is 0 Å². The summed E-state index contributed by atoms with van der Waals surface area (Å²) in [7, 11) is 2.04. The van der Waals surface area contributed by atoms with E-state index in [1.54, 1.807) is 6.92 Å². The molecule has 2 aromatic rings. The summed E-state index contributed by atoms with van der Waals surface area (Å²) in [4.78, 5) is 12.9. The van der Waals surface area contributed by atoms with Gasteiger partial charge in [-0.15, -0.1) is 0 Å². The lowest BCUT2D eigenvalue weighted by Gasteiger charge is -2.32. The molecule has 1 aromatic heterocycles. The van der Waals surface area contributed by atoms with Crippen molar-refractivity contribution in [3.63, 3.8) is 0 Å². The van der Waals surface area contributed by atoms with Crippen molar-refractivity contribution in [2.75, 3.05) is 38.1 Å². The van der Waals surface area contributed by atoms with Crippen LogP contribution in [0.5, 0.6) is 5.75 Å². The highest BCUT2D eigenvalue weighted by molar-refractivity contribution is 5.72. The highest BCUT2D eigenvalue weighted by atomic mass is 19.4. The molecule has 133 valence electrons. The fourth-order valence-electron chi connectivity index (χ4n) is 2.79. The minimum Gasteiger partial charge on any atom is -0.338 e. The topological polar surface area (TPSA) is 52.2 Å². The lowest BCUT2D eigenvalue weighted by atomic mass is 10.0. The first kappa shape index (κ1) is 17.5. The highest BCUT2D eigenvalue weighted by Gasteiger charge is 2.31. The van der Waals surface area contributed by atoms with E-state index in [4.69, 9.17) is 0 Å². The molecule has 0 spiro atoms. The van der Waals surface area contributed by atoms with Crippen molar-refractivity contribution in [3.8, 4) is 16.9 Å². The molecular weight excluding hydrogens is 333 g/mol. The summed E-state index contributed by atoms with van der Waals surface area (Å²) in [5, 5.41) is 12.0. The number of likely N-dealkylation sites (N-methyl/N-ethyl adjacent to an activating group) is 1. The number of anilines is 1. The minimum absolute atomic E-state index is 0.0303. The predicted molar refractivity (Wildman–Crippen MR) is 87.0 cm³/mol. The molecule has 0 saturated carbocycles. The van der Waals surface area contributed by atoms with E-state index >= 15 is 0 Å². The van der Waals surface area contributed by atoms with E-state index < -0.39 is 17.5 Å². The van der Waals surface area contributed by atoms with Crippen LogP contribution in [0.4, 0.5) is 19.1 Å². The zero-order valence-electron chi connectivity index (χ0n) is 14.0. The number of aromatic nitrogens is 2. The number of aryl methyl sites for hydroxylation is 1. The van der Waals surface area contributed by atoms with E-state index in [0.29, 0.717) is 17.2 Å². The number of alkyl halides is 3. The molecule has 1 aromatic carbocycles. The SMILES string of the molecule is Cc1nc(N2CCN(C)CC2)ncc1-c1cc(C(F)(F)F)ccc1[O]. The molecule has 1 aliphatic heterocycles. The maximum atomic E-state index is 12.9. The molecule has 1 radical (unpaired) electrons. The first-order valence-corrected chi connectivity index (χ1v) is 7.91. The fourth-order valence-corrected chi connectivity index (χ4v) is 2.79. The molecule has 8 heteroatoms. The Labute approximate surface area is 143 Å². The predicted octanol–water partition coefficient (Wildman–Crippen LogP) is 3.37. The largest absolute Gasteiger partial charge is 0.416 e. The van der Waals surface area contributed by atoms with Gasteiger partial charge >= 0.3 is 6.18 Å². The first-order chi connectivity index (χ1) is 11.8. The van der Waals surface area contributed by atoms with Crippen molar-refractivity contribution < 1.29 is 18.3 Å². The number of hydrogen-bond acceptors (Lipinski definition) is 4. The van der Waals surface area contributed by atoms with E-state index in [1.807, 2.05) is 11.9 Å². The molecular formula is C17H18F3N4O. The van der Waals surface area contributed by atoms with Crippen LogP contribution in [0.25, 0.3) is 11.1 Å². The number of benzene rings is 1. The summed E-state index contributed by atoms with van der Waals surface area (Å²) < 4.78 is 38.7. The van der Waals surface area contributed by atoms with Gasteiger partial charge < -0.3 is 9.80 Å². The van der Waals surface area contributed by atoms with Gasteiger partial charge in [0.25, 0.3) is 0 Å². The van der Waals surface area contributed by atoms with Crippen molar-refractivity contribution in [2.45, 2.75) is 13.1 Å². The summed E-state index contributed by atoms with van der Waals surface area (Å²) in [6.45, 7) is 5.03. The van der Waals surface area contributed by atoms with Gasteiger partial charge in [0.15, 0.2) is 5.75 Å². The van der Waals surface area contributed by atoms with Gasteiger partial charge in [-0.25, -0.2) is 9.97 Å². The zero-order chi connectivity index (χ0) is 18.2. The molecule has 5 nitrogen and oxygen atoms in total. The van der Waals surface area contributed by atoms with Crippen LogP contribution in [0.1, 0.15) is 11.3 Å². The van der Waals surface area contributed by atoms with Gasteiger partial charge in [-0.2, -0.15) is 13.2 Å². The van der Waals surface area contributed by atoms with Crippen LogP contribution < -0.4 is 4.90 Å². The van der Waals surface area contributed by atoms with Crippen LogP contribution in [0.2, 0.25) is 0 Å². The zero-order valence-corrected chi connectivity index (χ0v) is 14.0. The normalized spacial score (nSPS) is 16.3. The van der Waals surface area contributed by atoms with Gasteiger partial charge in [0, 0.05) is 43.5 Å². The summed E-state index contributed by atoms with van der Waals surface area (Å²) in [6, 6.07) is 2.59. The van der Waals surface area contributed by atoms with Crippen LogP contribution in [-0.4, -0.2) is 48.1 Å². The van der Waals surface area contributed by atoms with Crippen LogP contribution in [-0.2, 0) is 11.3 Å². The van der Waals surface area contributed by atoms with Gasteiger partial charge in [0.1, 0.15) is 0 Å². The molecule has 1 saturated heterocycles. The summed E-state index contributed by atoms with van der Waals surface area (Å²) >= 11 is 0. The molecule has 0 atom stereocenters. The smallest absolute Gasteiger partial charge is 0.338 e. The molecule has 25 heavy (non-hydrogen) atoms. The van der Waals surface area contributed by atoms with Crippen LogP contribution in [0, 0.1) is 6.92 Å². The van der Waals surface area contributed by atoms with Crippen molar-refractivity contribution in [2.24, 2.45) is 0 Å². The monoisotopic (exact) mass is 351 g/mol.